The lowest BCUT2D eigenvalue weighted by Crippen LogP contribution is -2.17. The molecule has 0 fully saturated rings. The molecule has 0 atom stereocenters. The number of aryl methyl sites for hydroxylation is 2. The summed E-state index contributed by atoms with van der Waals surface area (Å²) in [5.41, 5.74) is 17.9. The van der Waals surface area contributed by atoms with Crippen molar-refractivity contribution in [2.75, 3.05) is 0 Å². The van der Waals surface area contributed by atoms with Crippen LogP contribution in [0, 0.1) is 0 Å². The van der Waals surface area contributed by atoms with Crippen molar-refractivity contribution in [1.29, 1.82) is 0 Å². The maximum atomic E-state index is 5.57. The molecule has 3 aliphatic rings. The van der Waals surface area contributed by atoms with E-state index >= 15 is 0 Å². The van der Waals surface area contributed by atoms with E-state index in [9.17, 15) is 0 Å². The molecule has 0 amide bonds. The summed E-state index contributed by atoms with van der Waals surface area (Å²) in [6.45, 7) is 4.47. The number of hydrogen-bond donors (Lipinski definition) is 0. The van der Waals surface area contributed by atoms with Crippen molar-refractivity contribution in [1.82, 2.24) is 15.0 Å². The second kappa shape index (κ2) is 10.9. The van der Waals surface area contributed by atoms with Crippen LogP contribution in [0.3, 0.4) is 0 Å². The van der Waals surface area contributed by atoms with Crippen molar-refractivity contribution in [3.05, 3.63) is 195 Å². The minimum Gasteiger partial charge on any atom is -0.216 e. The normalized spacial score (nSPS) is 14.2. The average molecular weight is 630 g/mol. The van der Waals surface area contributed by atoms with Crippen LogP contribution in [-0.4, -0.2) is 15.0 Å². The fourth-order valence-electron chi connectivity index (χ4n) is 8.76. The summed E-state index contributed by atoms with van der Waals surface area (Å²) in [6, 6.07) is 49.1. The van der Waals surface area contributed by atoms with Crippen LogP contribution in [0.2, 0.25) is 0 Å². The van der Waals surface area contributed by atoms with E-state index in [-0.39, 0.29) is 17.8 Å². The van der Waals surface area contributed by atoms with Gasteiger partial charge in [-0.1, -0.05) is 147 Å². The molecule has 0 saturated heterocycles. The van der Waals surface area contributed by atoms with Gasteiger partial charge in [-0.25, -0.2) is 15.0 Å². The number of aromatic nitrogens is 3. The van der Waals surface area contributed by atoms with Crippen molar-refractivity contribution in [3.8, 4) is 33.4 Å². The third-order valence-corrected chi connectivity index (χ3v) is 11.1. The Hall–Kier alpha value is -5.67. The number of rotatable bonds is 5. The van der Waals surface area contributed by atoms with E-state index in [2.05, 4.69) is 147 Å². The maximum absolute atomic E-state index is 5.57. The fourth-order valence-corrected chi connectivity index (χ4v) is 8.76. The first-order chi connectivity index (χ1) is 24.2. The summed E-state index contributed by atoms with van der Waals surface area (Å²) in [5, 5.41) is 0. The zero-order chi connectivity index (χ0) is 32.6. The van der Waals surface area contributed by atoms with Crippen LogP contribution in [0.4, 0.5) is 0 Å². The van der Waals surface area contributed by atoms with Gasteiger partial charge in [0.1, 0.15) is 17.5 Å². The number of hydrogen-bond acceptors (Lipinski definition) is 3. The van der Waals surface area contributed by atoms with Crippen LogP contribution < -0.4 is 0 Å². The summed E-state index contributed by atoms with van der Waals surface area (Å²) in [4.78, 5) is 16.7. The Morgan fingerprint density at radius 1 is 0.347 bits per heavy atom. The van der Waals surface area contributed by atoms with Gasteiger partial charge in [0.2, 0.25) is 0 Å². The highest BCUT2D eigenvalue weighted by molar-refractivity contribution is 5.83. The summed E-state index contributed by atoms with van der Waals surface area (Å²) >= 11 is 0. The highest BCUT2D eigenvalue weighted by Gasteiger charge is 2.39. The van der Waals surface area contributed by atoms with Gasteiger partial charge in [-0.15, -0.1) is 0 Å². The van der Waals surface area contributed by atoms with Gasteiger partial charge >= 0.3 is 0 Å². The SMILES string of the molecule is CCc1ccc2c(c1)C(c1nc(C3c4ccccc4-c4ccccc43)nc(C3c4ccccc4-c4ccccc43)n1)c1cc(CC)ccc1-2. The molecular weight excluding hydrogens is 595 g/mol. The quantitative estimate of drug-likeness (QED) is 0.190. The minimum atomic E-state index is -0.0812. The molecule has 49 heavy (non-hydrogen) atoms. The molecule has 0 radical (unpaired) electrons. The van der Waals surface area contributed by atoms with Gasteiger partial charge in [0.05, 0.1) is 17.8 Å². The van der Waals surface area contributed by atoms with E-state index in [1.54, 1.807) is 0 Å². The first kappa shape index (κ1) is 28.4. The van der Waals surface area contributed by atoms with Gasteiger partial charge in [-0.05, 0) is 90.7 Å². The first-order valence-electron chi connectivity index (χ1n) is 17.6. The van der Waals surface area contributed by atoms with E-state index in [4.69, 9.17) is 15.0 Å². The lowest BCUT2D eigenvalue weighted by Gasteiger charge is -2.21. The van der Waals surface area contributed by atoms with Crippen LogP contribution in [0.25, 0.3) is 33.4 Å². The second-order valence-electron chi connectivity index (χ2n) is 13.6. The van der Waals surface area contributed by atoms with E-state index in [1.807, 2.05) is 0 Å². The van der Waals surface area contributed by atoms with E-state index in [1.165, 1.54) is 77.9 Å². The highest BCUT2D eigenvalue weighted by atomic mass is 15.1. The number of fused-ring (bicyclic) bond motifs is 9. The highest BCUT2D eigenvalue weighted by Crippen LogP contribution is 2.52. The molecule has 3 aliphatic carbocycles. The molecule has 0 spiro atoms. The summed E-state index contributed by atoms with van der Waals surface area (Å²) < 4.78 is 0. The maximum Gasteiger partial charge on any atom is 0.144 e. The van der Waals surface area contributed by atoms with E-state index < -0.39 is 0 Å². The van der Waals surface area contributed by atoms with Crippen molar-refractivity contribution in [3.63, 3.8) is 0 Å². The third kappa shape index (κ3) is 4.18. The lowest BCUT2D eigenvalue weighted by atomic mass is 9.91. The van der Waals surface area contributed by atoms with Crippen LogP contribution >= 0.6 is 0 Å². The fraction of sp³-hybridized carbons (Fsp3) is 0.152. The average Bonchev–Trinajstić information content (AvgIpc) is 3.79. The molecule has 0 bridgehead atoms. The standard InChI is InChI=1S/C46H35N3/c1-3-27-21-23-33-34-24-22-28(4-2)26-40(34)43(39(33)25-27)46-48-44(41-35-17-9-5-13-29(35)30-14-6-10-18-36(30)41)47-45(49-46)42-37-19-11-7-15-31(37)32-16-8-12-20-38(32)42/h5-26,41-43H,3-4H2,1-2H3. The molecule has 7 aromatic rings. The molecule has 3 heteroatoms. The minimum absolute atomic E-state index is 0.0795. The summed E-state index contributed by atoms with van der Waals surface area (Å²) in [7, 11) is 0. The molecule has 10 rings (SSSR count). The Kier molecular flexibility index (Phi) is 6.33. The van der Waals surface area contributed by atoms with E-state index in [0.29, 0.717) is 0 Å². The van der Waals surface area contributed by atoms with Crippen LogP contribution in [0.15, 0.2) is 133 Å². The van der Waals surface area contributed by atoms with Crippen LogP contribution in [0.5, 0.6) is 0 Å². The monoisotopic (exact) mass is 629 g/mol. The van der Waals surface area contributed by atoms with Gasteiger partial charge < -0.3 is 0 Å². The van der Waals surface area contributed by atoms with Gasteiger partial charge in [0.15, 0.2) is 0 Å². The Balaban J connectivity index is 1.26. The van der Waals surface area contributed by atoms with Gasteiger partial charge in [-0.3, -0.25) is 0 Å². The molecular formula is C46H35N3. The summed E-state index contributed by atoms with van der Waals surface area (Å²) in [6.07, 6.45) is 1.96. The third-order valence-electron chi connectivity index (χ3n) is 11.1. The lowest BCUT2D eigenvalue weighted by molar-refractivity contribution is 0.719. The Labute approximate surface area is 287 Å². The Morgan fingerprint density at radius 2 is 0.633 bits per heavy atom. The first-order valence-corrected chi connectivity index (χ1v) is 17.6. The van der Waals surface area contributed by atoms with Crippen LogP contribution in [-0.2, 0) is 12.8 Å². The topological polar surface area (TPSA) is 38.7 Å². The molecule has 0 aliphatic heterocycles. The smallest absolute Gasteiger partial charge is 0.144 e. The predicted octanol–water partition coefficient (Wildman–Crippen LogP) is 10.5. The largest absolute Gasteiger partial charge is 0.216 e. The van der Waals surface area contributed by atoms with Gasteiger partial charge in [0.25, 0.3) is 0 Å². The van der Waals surface area contributed by atoms with E-state index in [0.717, 1.165) is 30.3 Å². The summed E-state index contributed by atoms with van der Waals surface area (Å²) in [5.74, 6) is 2.25. The van der Waals surface area contributed by atoms with Crippen molar-refractivity contribution in [2.45, 2.75) is 44.4 Å². The number of nitrogens with zero attached hydrogens (tertiary/aromatic N) is 3. The molecule has 1 heterocycles. The molecule has 6 aromatic carbocycles. The molecule has 0 unspecified atom stereocenters. The van der Waals surface area contributed by atoms with Crippen molar-refractivity contribution in [2.24, 2.45) is 0 Å². The molecule has 234 valence electrons. The Morgan fingerprint density at radius 3 is 0.959 bits per heavy atom. The molecule has 1 aromatic heterocycles. The predicted molar refractivity (Wildman–Crippen MR) is 197 cm³/mol. The molecule has 0 saturated carbocycles. The van der Waals surface area contributed by atoms with Gasteiger partial charge in [0, 0.05) is 0 Å². The number of benzene rings is 6. The second-order valence-corrected chi connectivity index (χ2v) is 13.6. The zero-order valence-corrected chi connectivity index (χ0v) is 27.7. The Bertz CT molecular complexity index is 2200. The van der Waals surface area contributed by atoms with Crippen molar-refractivity contribution >= 4 is 0 Å². The van der Waals surface area contributed by atoms with Crippen LogP contribution in [0.1, 0.15) is 93.6 Å². The zero-order valence-electron chi connectivity index (χ0n) is 27.7. The molecule has 3 nitrogen and oxygen atoms in total. The van der Waals surface area contributed by atoms with Gasteiger partial charge in [-0.2, -0.15) is 0 Å². The van der Waals surface area contributed by atoms with Crippen molar-refractivity contribution < 1.29 is 0 Å². The molecule has 0 N–H and O–H groups in total.